The van der Waals surface area contributed by atoms with E-state index >= 15 is 0 Å². The van der Waals surface area contributed by atoms with Crippen molar-refractivity contribution in [2.75, 3.05) is 5.73 Å². The second-order valence-electron chi connectivity index (χ2n) is 6.13. The number of halogens is 1. The van der Waals surface area contributed by atoms with Crippen LogP contribution in [0.1, 0.15) is 28.0 Å². The Kier molecular flexibility index (Phi) is 6.30. The number of carbonyl (C=O) groups is 1. The molecule has 3 heterocycles. The summed E-state index contributed by atoms with van der Waals surface area (Å²) in [5.74, 6) is 0.0127. The minimum absolute atomic E-state index is 0.0289. The molecular weight excluding hydrogens is 460 g/mol. The van der Waals surface area contributed by atoms with Crippen LogP contribution in [0.5, 0.6) is 0 Å². The Labute approximate surface area is 189 Å². The van der Waals surface area contributed by atoms with Gasteiger partial charge >= 0.3 is 0 Å². The predicted molar refractivity (Wildman–Crippen MR) is 119 cm³/mol. The molecule has 13 heteroatoms. The average molecular weight is 475 g/mol. The van der Waals surface area contributed by atoms with Crippen molar-refractivity contribution in [1.29, 1.82) is 0 Å². The summed E-state index contributed by atoms with van der Waals surface area (Å²) in [7, 11) is 0. The molecule has 0 bridgehead atoms. The molecule has 4 rings (SSSR count). The highest BCUT2D eigenvalue weighted by Gasteiger charge is 2.24. The highest BCUT2D eigenvalue weighted by molar-refractivity contribution is 7.98. The van der Waals surface area contributed by atoms with Crippen LogP contribution in [0.15, 0.2) is 56.4 Å². The van der Waals surface area contributed by atoms with Gasteiger partial charge in [0.05, 0.1) is 11.4 Å². The maximum absolute atomic E-state index is 12.8. The van der Waals surface area contributed by atoms with Crippen molar-refractivity contribution in [2.24, 2.45) is 5.10 Å². The third-order valence-electron chi connectivity index (χ3n) is 4.07. The van der Waals surface area contributed by atoms with Gasteiger partial charge in [-0.2, -0.15) is 9.78 Å². The molecule has 0 spiro atoms. The van der Waals surface area contributed by atoms with Crippen LogP contribution in [-0.4, -0.2) is 36.9 Å². The highest BCUT2D eigenvalue weighted by Crippen LogP contribution is 2.27. The fourth-order valence-corrected chi connectivity index (χ4v) is 4.22. The molecule has 0 fully saturated rings. The Morgan fingerprint density at radius 2 is 2.13 bits per heavy atom. The van der Waals surface area contributed by atoms with E-state index in [1.807, 2.05) is 36.6 Å². The highest BCUT2D eigenvalue weighted by atomic mass is 35.5. The van der Waals surface area contributed by atoms with E-state index in [2.05, 4.69) is 35.8 Å². The lowest BCUT2D eigenvalue weighted by molar-refractivity contribution is 0.0949. The van der Waals surface area contributed by atoms with Gasteiger partial charge in [0.2, 0.25) is 11.6 Å². The number of nitrogen functional groups attached to an aromatic ring is 1. The molecule has 1 amide bonds. The van der Waals surface area contributed by atoms with E-state index in [1.165, 1.54) is 27.8 Å². The van der Waals surface area contributed by atoms with Crippen molar-refractivity contribution in [3.63, 3.8) is 0 Å². The number of amides is 1. The van der Waals surface area contributed by atoms with Crippen LogP contribution in [0.4, 0.5) is 5.82 Å². The maximum Gasteiger partial charge on any atom is 0.293 e. The zero-order chi connectivity index (χ0) is 21.8. The number of benzene rings is 1. The predicted octanol–water partition coefficient (Wildman–Crippen LogP) is 3.39. The van der Waals surface area contributed by atoms with Gasteiger partial charge in [0.15, 0.2) is 5.69 Å². The second-order valence-corrected chi connectivity index (χ2v) is 8.56. The van der Waals surface area contributed by atoms with E-state index in [0.717, 1.165) is 9.77 Å². The topological polar surface area (TPSA) is 137 Å². The van der Waals surface area contributed by atoms with Gasteiger partial charge in [0.1, 0.15) is 0 Å². The van der Waals surface area contributed by atoms with Gasteiger partial charge in [0.25, 0.3) is 5.91 Å². The zero-order valence-corrected chi connectivity index (χ0v) is 18.4. The maximum atomic E-state index is 12.8. The number of nitrogens with one attached hydrogen (secondary N) is 1. The molecule has 31 heavy (non-hydrogen) atoms. The lowest BCUT2D eigenvalue weighted by atomic mass is 10.3. The first-order valence-corrected chi connectivity index (χ1v) is 11.1. The first-order valence-electron chi connectivity index (χ1n) is 8.83. The summed E-state index contributed by atoms with van der Waals surface area (Å²) in [6.45, 7) is 1.81. The van der Waals surface area contributed by atoms with Crippen LogP contribution in [0, 0.1) is 0 Å². The van der Waals surface area contributed by atoms with Crippen molar-refractivity contribution < 1.29 is 9.42 Å². The lowest BCUT2D eigenvalue weighted by Crippen LogP contribution is -2.21. The lowest BCUT2D eigenvalue weighted by Gasteiger charge is -2.06. The summed E-state index contributed by atoms with van der Waals surface area (Å²) < 4.78 is 6.00. The molecule has 0 aliphatic rings. The molecule has 158 valence electrons. The molecule has 0 aliphatic carbocycles. The number of hydrazone groups is 1. The Morgan fingerprint density at radius 1 is 1.32 bits per heavy atom. The van der Waals surface area contributed by atoms with Gasteiger partial charge in [-0.05, 0) is 52.9 Å². The first-order chi connectivity index (χ1) is 15.0. The standard InChI is InChI=1S/C18H15ClN8O2S2/c1-10(14-3-2-8-30-14)21-23-18(28)15-13(9-31-12-6-4-11(19)5-7-12)27(26-22-15)17-16(20)24-29-25-17/h2-8H,9H2,1H3,(H2,20,24)(H,23,28)/b21-10+. The van der Waals surface area contributed by atoms with Crippen LogP contribution < -0.4 is 11.2 Å². The van der Waals surface area contributed by atoms with E-state index in [0.29, 0.717) is 22.2 Å². The summed E-state index contributed by atoms with van der Waals surface area (Å²) in [6, 6.07) is 11.2. The van der Waals surface area contributed by atoms with Crippen LogP contribution in [0.25, 0.3) is 5.82 Å². The molecule has 0 radical (unpaired) electrons. The summed E-state index contributed by atoms with van der Waals surface area (Å²) in [4.78, 5) is 14.7. The second kappa shape index (κ2) is 9.29. The number of nitrogens with two attached hydrogens (primary N) is 1. The van der Waals surface area contributed by atoms with Gasteiger partial charge < -0.3 is 5.73 Å². The number of hydrogen-bond acceptors (Lipinski definition) is 10. The van der Waals surface area contributed by atoms with Crippen LogP contribution in [-0.2, 0) is 5.75 Å². The molecule has 0 unspecified atom stereocenters. The third kappa shape index (κ3) is 4.76. The summed E-state index contributed by atoms with van der Waals surface area (Å²) >= 11 is 8.94. The number of hydrogen-bond donors (Lipinski definition) is 2. The molecular formula is C18H15ClN8O2S2. The largest absolute Gasteiger partial charge is 0.378 e. The third-order valence-corrected chi connectivity index (χ3v) is 6.32. The van der Waals surface area contributed by atoms with E-state index in [9.17, 15) is 4.79 Å². The zero-order valence-electron chi connectivity index (χ0n) is 16.0. The fraction of sp³-hybridized carbons (Fsp3) is 0.111. The molecule has 0 aliphatic heterocycles. The summed E-state index contributed by atoms with van der Waals surface area (Å²) in [5, 5.41) is 22.1. The number of aromatic nitrogens is 5. The molecule has 3 aromatic heterocycles. The van der Waals surface area contributed by atoms with Crippen molar-refractivity contribution >= 4 is 52.1 Å². The van der Waals surface area contributed by atoms with Gasteiger partial charge in [0, 0.05) is 20.5 Å². The SMILES string of the molecule is C/C(=N\NC(=O)c1nnn(-c2nonc2N)c1CSc1ccc(Cl)cc1)c1cccs1. The molecule has 1 aromatic carbocycles. The van der Waals surface area contributed by atoms with E-state index in [1.54, 1.807) is 12.1 Å². The Bertz CT molecular complexity index is 1220. The van der Waals surface area contributed by atoms with Gasteiger partial charge in [-0.15, -0.1) is 28.2 Å². The number of rotatable bonds is 7. The first kappa shape index (κ1) is 21.0. The summed E-state index contributed by atoms with van der Waals surface area (Å²) in [6.07, 6.45) is 0. The quantitative estimate of drug-likeness (QED) is 0.236. The molecule has 10 nitrogen and oxygen atoms in total. The van der Waals surface area contributed by atoms with E-state index < -0.39 is 5.91 Å². The van der Waals surface area contributed by atoms with Gasteiger partial charge in [-0.25, -0.2) is 10.1 Å². The Morgan fingerprint density at radius 3 is 2.81 bits per heavy atom. The van der Waals surface area contributed by atoms with Crippen LogP contribution in [0.2, 0.25) is 5.02 Å². The van der Waals surface area contributed by atoms with Crippen molar-refractivity contribution in [1.82, 2.24) is 30.7 Å². The normalized spacial score (nSPS) is 11.6. The fourth-order valence-electron chi connectivity index (χ4n) is 2.53. The van der Waals surface area contributed by atoms with E-state index in [-0.39, 0.29) is 17.3 Å². The van der Waals surface area contributed by atoms with Crippen molar-refractivity contribution in [3.8, 4) is 5.82 Å². The van der Waals surface area contributed by atoms with E-state index in [4.69, 9.17) is 17.3 Å². The van der Waals surface area contributed by atoms with Gasteiger partial charge in [-0.1, -0.05) is 22.9 Å². The molecule has 4 aromatic rings. The van der Waals surface area contributed by atoms with Crippen LogP contribution >= 0.6 is 34.7 Å². The average Bonchev–Trinajstić information content (AvgIpc) is 3.52. The monoisotopic (exact) mass is 474 g/mol. The number of carbonyl (C=O) groups excluding carboxylic acids is 1. The Hall–Kier alpha value is -3.22. The number of nitrogens with zero attached hydrogens (tertiary/aromatic N) is 6. The van der Waals surface area contributed by atoms with Gasteiger partial charge in [-0.3, -0.25) is 4.79 Å². The number of thiophene rings is 1. The molecule has 3 N–H and O–H groups in total. The summed E-state index contributed by atoms with van der Waals surface area (Å²) in [5.41, 5.74) is 9.56. The van der Waals surface area contributed by atoms with Crippen molar-refractivity contribution in [2.45, 2.75) is 17.6 Å². The molecule has 0 saturated carbocycles. The smallest absolute Gasteiger partial charge is 0.293 e. The molecule has 0 atom stereocenters. The minimum Gasteiger partial charge on any atom is -0.378 e. The Balaban J connectivity index is 1.61. The number of thioether (sulfide) groups is 1. The number of anilines is 1. The van der Waals surface area contributed by atoms with Crippen LogP contribution in [0.3, 0.4) is 0 Å². The molecule has 0 saturated heterocycles. The van der Waals surface area contributed by atoms with Crippen molar-refractivity contribution in [3.05, 3.63) is 63.1 Å². The minimum atomic E-state index is -0.510.